The van der Waals surface area contributed by atoms with Gasteiger partial charge in [-0.25, -0.2) is 19.0 Å². The van der Waals surface area contributed by atoms with Gasteiger partial charge >= 0.3 is 0 Å². The number of nitrogens with zero attached hydrogens (tertiary/aromatic N) is 6. The number of carbonyl (C=O) groups excluding carboxylic acids is 1. The van der Waals surface area contributed by atoms with Crippen molar-refractivity contribution in [3.8, 4) is 5.69 Å². The van der Waals surface area contributed by atoms with E-state index in [1.807, 2.05) is 41.9 Å². The Bertz CT molecular complexity index is 1660. The van der Waals surface area contributed by atoms with Crippen molar-refractivity contribution in [2.75, 3.05) is 31.1 Å². The van der Waals surface area contributed by atoms with Crippen LogP contribution in [-0.4, -0.2) is 56.7 Å². The summed E-state index contributed by atoms with van der Waals surface area (Å²) < 4.78 is 15.7. The van der Waals surface area contributed by atoms with Crippen LogP contribution >= 0.6 is 0 Å². The molecule has 0 atom stereocenters. The number of rotatable bonds is 5. The van der Waals surface area contributed by atoms with Crippen molar-refractivity contribution in [2.24, 2.45) is 0 Å². The zero-order chi connectivity index (χ0) is 27.6. The van der Waals surface area contributed by atoms with Crippen LogP contribution in [0.25, 0.3) is 16.7 Å². The van der Waals surface area contributed by atoms with Gasteiger partial charge in [0.2, 0.25) is 0 Å². The van der Waals surface area contributed by atoms with Crippen LogP contribution < -0.4 is 4.90 Å². The number of hydrogen-bond donors (Lipinski definition) is 0. The fraction of sp³-hybridized carbons (Fsp3) is 0.250. The Kier molecular flexibility index (Phi) is 6.99. The molecule has 1 aliphatic rings. The lowest BCUT2D eigenvalue weighted by atomic mass is 10.1. The SMILES string of the molecule is Cc1ccc(Cc2nc(N3CCCN(C(=O)c4cccc(F)c4)CC3)c3c(C)nn(-c4ccccc4)c3n2)cc1. The summed E-state index contributed by atoms with van der Waals surface area (Å²) in [6.45, 7) is 6.52. The average molecular weight is 535 g/mol. The van der Waals surface area contributed by atoms with E-state index in [1.54, 1.807) is 17.0 Å². The van der Waals surface area contributed by atoms with Gasteiger partial charge < -0.3 is 9.80 Å². The van der Waals surface area contributed by atoms with Crippen LogP contribution in [0.1, 0.15) is 39.4 Å². The second kappa shape index (κ2) is 10.9. The summed E-state index contributed by atoms with van der Waals surface area (Å²) in [6, 6.07) is 24.4. The Hall–Kier alpha value is -4.59. The van der Waals surface area contributed by atoms with Crippen molar-refractivity contribution in [1.29, 1.82) is 0 Å². The first-order valence-electron chi connectivity index (χ1n) is 13.6. The van der Waals surface area contributed by atoms with Gasteiger partial charge in [-0.2, -0.15) is 5.10 Å². The second-order valence-electron chi connectivity index (χ2n) is 10.3. The van der Waals surface area contributed by atoms with Gasteiger partial charge in [0.05, 0.1) is 16.8 Å². The number of anilines is 1. The van der Waals surface area contributed by atoms with Crippen LogP contribution in [-0.2, 0) is 6.42 Å². The molecule has 1 saturated heterocycles. The highest BCUT2D eigenvalue weighted by molar-refractivity contribution is 5.94. The summed E-state index contributed by atoms with van der Waals surface area (Å²) in [7, 11) is 0. The zero-order valence-electron chi connectivity index (χ0n) is 22.7. The average Bonchev–Trinajstić information content (AvgIpc) is 3.13. The number of benzene rings is 3. The minimum Gasteiger partial charge on any atom is -0.354 e. The molecule has 6 rings (SSSR count). The van der Waals surface area contributed by atoms with Crippen LogP contribution in [0.2, 0.25) is 0 Å². The zero-order valence-corrected chi connectivity index (χ0v) is 22.7. The minimum absolute atomic E-state index is 0.151. The summed E-state index contributed by atoms with van der Waals surface area (Å²) >= 11 is 0. The molecule has 0 aliphatic carbocycles. The minimum atomic E-state index is -0.405. The molecule has 0 unspecified atom stereocenters. The monoisotopic (exact) mass is 534 g/mol. The van der Waals surface area contributed by atoms with Crippen molar-refractivity contribution in [3.63, 3.8) is 0 Å². The fourth-order valence-corrected chi connectivity index (χ4v) is 5.29. The van der Waals surface area contributed by atoms with E-state index >= 15 is 0 Å². The molecule has 0 N–H and O–H groups in total. The summed E-state index contributed by atoms with van der Waals surface area (Å²) in [5.74, 6) is 1.01. The molecule has 0 radical (unpaired) electrons. The molecule has 2 aromatic heterocycles. The smallest absolute Gasteiger partial charge is 0.254 e. The number of fused-ring (bicyclic) bond motifs is 1. The fourth-order valence-electron chi connectivity index (χ4n) is 5.29. The molecule has 0 spiro atoms. The molecule has 3 heterocycles. The van der Waals surface area contributed by atoms with E-state index in [-0.39, 0.29) is 5.91 Å². The predicted molar refractivity (Wildman–Crippen MR) is 155 cm³/mol. The summed E-state index contributed by atoms with van der Waals surface area (Å²) in [5.41, 5.74) is 5.29. The molecular weight excluding hydrogens is 503 g/mol. The Balaban J connectivity index is 1.37. The van der Waals surface area contributed by atoms with Gasteiger partial charge in [0, 0.05) is 38.2 Å². The Labute approximate surface area is 232 Å². The van der Waals surface area contributed by atoms with E-state index in [4.69, 9.17) is 15.1 Å². The van der Waals surface area contributed by atoms with Crippen molar-refractivity contribution in [1.82, 2.24) is 24.6 Å². The van der Waals surface area contributed by atoms with Gasteiger partial charge in [0.25, 0.3) is 5.91 Å². The van der Waals surface area contributed by atoms with Crippen LogP contribution in [0.15, 0.2) is 78.9 Å². The van der Waals surface area contributed by atoms with Gasteiger partial charge in [-0.15, -0.1) is 0 Å². The maximum Gasteiger partial charge on any atom is 0.254 e. The first kappa shape index (κ1) is 25.7. The van der Waals surface area contributed by atoms with Crippen LogP contribution in [0.3, 0.4) is 0 Å². The van der Waals surface area contributed by atoms with E-state index in [2.05, 4.69) is 36.1 Å². The van der Waals surface area contributed by atoms with Crippen LogP contribution in [0.5, 0.6) is 0 Å². The highest BCUT2D eigenvalue weighted by Crippen LogP contribution is 2.30. The Morgan fingerprint density at radius 2 is 1.68 bits per heavy atom. The topological polar surface area (TPSA) is 67.2 Å². The largest absolute Gasteiger partial charge is 0.354 e. The molecule has 1 amide bonds. The Morgan fingerprint density at radius 1 is 0.875 bits per heavy atom. The summed E-state index contributed by atoms with van der Waals surface area (Å²) in [5, 5.41) is 5.80. The highest BCUT2D eigenvalue weighted by Gasteiger charge is 2.25. The lowest BCUT2D eigenvalue weighted by Gasteiger charge is -2.24. The van der Waals surface area contributed by atoms with Crippen LogP contribution in [0, 0.1) is 19.7 Å². The molecule has 3 aromatic carbocycles. The summed E-state index contributed by atoms with van der Waals surface area (Å²) in [4.78, 5) is 27.3. The van der Waals surface area contributed by atoms with E-state index in [0.717, 1.165) is 52.6 Å². The molecule has 202 valence electrons. The number of aromatic nitrogens is 4. The third kappa shape index (κ3) is 5.17. The van der Waals surface area contributed by atoms with Gasteiger partial charge in [0.1, 0.15) is 17.5 Å². The quantitative estimate of drug-likeness (QED) is 0.297. The lowest BCUT2D eigenvalue weighted by Crippen LogP contribution is -2.35. The molecule has 1 aliphatic heterocycles. The number of amides is 1. The molecule has 5 aromatic rings. The van der Waals surface area contributed by atoms with E-state index in [9.17, 15) is 9.18 Å². The maximum atomic E-state index is 13.8. The molecular formula is C32H31FN6O. The first-order chi connectivity index (χ1) is 19.5. The third-order valence-electron chi connectivity index (χ3n) is 7.37. The molecule has 1 fully saturated rings. The standard InChI is InChI=1S/C32H31FN6O/c1-22-12-14-24(15-13-22)20-28-34-30(29-23(2)36-39(31(29)35-28)27-10-4-3-5-11-27)37-16-7-17-38(19-18-37)32(40)25-8-6-9-26(33)21-25/h3-6,8-15,21H,7,16-20H2,1-2H3. The predicted octanol–water partition coefficient (Wildman–Crippen LogP) is 5.51. The van der Waals surface area contributed by atoms with Gasteiger partial charge in [-0.1, -0.05) is 54.1 Å². The third-order valence-corrected chi connectivity index (χ3v) is 7.37. The molecule has 40 heavy (non-hydrogen) atoms. The van der Waals surface area contributed by atoms with Crippen LogP contribution in [0.4, 0.5) is 10.2 Å². The van der Waals surface area contributed by atoms with Gasteiger partial charge in [-0.3, -0.25) is 4.79 Å². The summed E-state index contributed by atoms with van der Waals surface area (Å²) in [6.07, 6.45) is 1.37. The molecule has 8 heteroatoms. The van der Waals surface area contributed by atoms with Crippen molar-refractivity contribution in [2.45, 2.75) is 26.7 Å². The van der Waals surface area contributed by atoms with E-state index in [0.29, 0.717) is 31.6 Å². The Morgan fingerprint density at radius 3 is 2.45 bits per heavy atom. The number of carbonyl (C=O) groups is 1. The normalized spacial score (nSPS) is 14.0. The highest BCUT2D eigenvalue weighted by atomic mass is 19.1. The van der Waals surface area contributed by atoms with Gasteiger partial charge in [0.15, 0.2) is 5.65 Å². The van der Waals surface area contributed by atoms with Crippen molar-refractivity contribution in [3.05, 3.63) is 113 Å². The molecule has 7 nitrogen and oxygen atoms in total. The second-order valence-corrected chi connectivity index (χ2v) is 10.3. The van der Waals surface area contributed by atoms with Crippen molar-refractivity contribution >= 4 is 22.8 Å². The van der Waals surface area contributed by atoms with E-state index < -0.39 is 5.82 Å². The number of para-hydroxylation sites is 1. The van der Waals surface area contributed by atoms with Crippen molar-refractivity contribution < 1.29 is 9.18 Å². The number of aryl methyl sites for hydroxylation is 2. The number of halogens is 1. The number of hydrogen-bond acceptors (Lipinski definition) is 5. The van der Waals surface area contributed by atoms with E-state index in [1.165, 1.54) is 17.7 Å². The molecule has 0 saturated carbocycles. The first-order valence-corrected chi connectivity index (χ1v) is 13.6. The van der Waals surface area contributed by atoms with Gasteiger partial charge in [-0.05, 0) is 56.2 Å². The molecule has 0 bridgehead atoms. The lowest BCUT2D eigenvalue weighted by molar-refractivity contribution is 0.0766. The maximum absolute atomic E-state index is 13.8.